The molecule has 7 nitrogen and oxygen atoms in total. The van der Waals surface area contributed by atoms with E-state index >= 15 is 0 Å². The summed E-state index contributed by atoms with van der Waals surface area (Å²) in [5.41, 5.74) is 2.98. The predicted octanol–water partition coefficient (Wildman–Crippen LogP) is 3.62. The van der Waals surface area contributed by atoms with Crippen molar-refractivity contribution >= 4 is 28.3 Å². The van der Waals surface area contributed by atoms with E-state index in [1.165, 1.54) is 17.0 Å². The van der Waals surface area contributed by atoms with Gasteiger partial charge in [-0.25, -0.2) is 4.79 Å². The lowest BCUT2D eigenvalue weighted by Crippen LogP contribution is -2.36. The van der Waals surface area contributed by atoms with E-state index in [0.717, 1.165) is 34.9 Å². The Kier molecular flexibility index (Phi) is 3.77. The van der Waals surface area contributed by atoms with Crippen molar-refractivity contribution in [2.75, 3.05) is 7.05 Å². The highest BCUT2D eigenvalue weighted by atomic mass is 16.6. The first-order valence-corrected chi connectivity index (χ1v) is 7.38. The van der Waals surface area contributed by atoms with Gasteiger partial charge in [-0.15, -0.1) is 0 Å². The molecule has 1 aromatic carbocycles. The van der Waals surface area contributed by atoms with Gasteiger partial charge in [0.2, 0.25) is 0 Å². The van der Waals surface area contributed by atoms with E-state index in [0.29, 0.717) is 6.42 Å². The number of carbonyl (C=O) groups is 1. The fraction of sp³-hybridized carbons (Fsp3) is 0.312. The summed E-state index contributed by atoms with van der Waals surface area (Å²) in [4.78, 5) is 25.9. The van der Waals surface area contributed by atoms with Gasteiger partial charge in [-0.3, -0.25) is 10.1 Å². The maximum atomic E-state index is 11.0. The van der Waals surface area contributed by atoms with E-state index in [9.17, 15) is 14.9 Å². The topological polar surface area (TPSA) is 99.5 Å². The van der Waals surface area contributed by atoms with Crippen molar-refractivity contribution in [2.24, 2.45) is 0 Å². The number of nitrogens with zero attached hydrogens (tertiary/aromatic N) is 2. The molecule has 0 fully saturated rings. The third-order valence-corrected chi connectivity index (χ3v) is 4.45. The number of nitro benzene ring substituents is 1. The van der Waals surface area contributed by atoms with Crippen LogP contribution in [0, 0.1) is 10.1 Å². The minimum absolute atomic E-state index is 0.00236. The van der Waals surface area contributed by atoms with Gasteiger partial charge in [0.15, 0.2) is 0 Å². The third kappa shape index (κ3) is 2.77. The Morgan fingerprint density at radius 2 is 2.26 bits per heavy atom. The van der Waals surface area contributed by atoms with Crippen LogP contribution < -0.4 is 0 Å². The van der Waals surface area contributed by atoms with Crippen LogP contribution in [0.5, 0.6) is 0 Å². The number of benzene rings is 1. The molecule has 1 unspecified atom stereocenters. The van der Waals surface area contributed by atoms with Crippen molar-refractivity contribution in [2.45, 2.75) is 25.3 Å². The van der Waals surface area contributed by atoms with E-state index in [1.807, 2.05) is 6.20 Å². The Balaban J connectivity index is 1.87. The maximum Gasteiger partial charge on any atom is 0.407 e. The van der Waals surface area contributed by atoms with Gasteiger partial charge < -0.3 is 15.0 Å². The molecule has 1 heterocycles. The number of nitrogens with one attached hydrogen (secondary N) is 1. The van der Waals surface area contributed by atoms with Gasteiger partial charge in [-0.05, 0) is 30.9 Å². The smallest absolute Gasteiger partial charge is 0.407 e. The molecule has 120 valence electrons. The molecule has 1 aliphatic rings. The van der Waals surface area contributed by atoms with E-state index in [1.54, 1.807) is 13.1 Å². The largest absolute Gasteiger partial charge is 0.465 e. The highest BCUT2D eigenvalue weighted by molar-refractivity contribution is 5.93. The fourth-order valence-electron chi connectivity index (χ4n) is 3.07. The zero-order valence-electron chi connectivity index (χ0n) is 12.7. The number of hydrogen-bond donors (Lipinski definition) is 2. The van der Waals surface area contributed by atoms with Gasteiger partial charge >= 0.3 is 6.09 Å². The van der Waals surface area contributed by atoms with Crippen LogP contribution in [-0.2, 0) is 0 Å². The number of aromatic nitrogens is 1. The van der Waals surface area contributed by atoms with Crippen LogP contribution >= 0.6 is 0 Å². The number of H-pyrrole nitrogens is 1. The average molecular weight is 315 g/mol. The summed E-state index contributed by atoms with van der Waals surface area (Å²) in [6.07, 6.45) is 5.25. The molecule has 1 aliphatic carbocycles. The third-order valence-electron chi connectivity index (χ3n) is 4.45. The van der Waals surface area contributed by atoms with Gasteiger partial charge in [-0.1, -0.05) is 6.08 Å². The molecule has 3 rings (SSSR count). The lowest BCUT2D eigenvalue weighted by atomic mass is 9.90. The van der Waals surface area contributed by atoms with Crippen LogP contribution in [0.4, 0.5) is 10.5 Å². The molecule has 0 saturated carbocycles. The van der Waals surface area contributed by atoms with Crippen LogP contribution in [0.25, 0.3) is 16.5 Å². The summed E-state index contributed by atoms with van der Waals surface area (Å²) in [7, 11) is 1.59. The van der Waals surface area contributed by atoms with Crippen LogP contribution in [-0.4, -0.2) is 39.1 Å². The number of carboxylic acid groups (broad SMARTS) is 1. The zero-order valence-corrected chi connectivity index (χ0v) is 12.7. The summed E-state index contributed by atoms with van der Waals surface area (Å²) in [5.74, 6) is 0. The van der Waals surface area contributed by atoms with Gasteiger partial charge in [0.1, 0.15) is 0 Å². The van der Waals surface area contributed by atoms with E-state index in [-0.39, 0.29) is 11.7 Å². The first-order chi connectivity index (χ1) is 11.0. The average Bonchev–Trinajstić information content (AvgIpc) is 2.97. The summed E-state index contributed by atoms with van der Waals surface area (Å²) in [5, 5.41) is 20.8. The normalized spacial score (nSPS) is 17.8. The Labute approximate surface area is 132 Å². The molecular formula is C16H17N3O4. The second-order valence-corrected chi connectivity index (χ2v) is 5.74. The van der Waals surface area contributed by atoms with Crippen molar-refractivity contribution in [3.05, 3.63) is 46.1 Å². The van der Waals surface area contributed by atoms with Crippen LogP contribution in [0.3, 0.4) is 0 Å². The first-order valence-electron chi connectivity index (χ1n) is 7.38. The van der Waals surface area contributed by atoms with Gasteiger partial charge in [-0.2, -0.15) is 0 Å². The van der Waals surface area contributed by atoms with Crippen molar-refractivity contribution in [3.8, 4) is 0 Å². The molecule has 0 radical (unpaired) electrons. The Bertz CT molecular complexity index is 809. The van der Waals surface area contributed by atoms with Gasteiger partial charge in [0.05, 0.1) is 10.4 Å². The fourth-order valence-corrected chi connectivity index (χ4v) is 3.07. The monoisotopic (exact) mass is 315 g/mol. The number of hydrogen-bond acceptors (Lipinski definition) is 3. The number of aromatic amines is 1. The maximum absolute atomic E-state index is 11.0. The molecule has 7 heteroatoms. The standard InChI is InChI=1S/C16H17N3O4/c1-18(16(20)21)11-4-2-10(3-5-11)14-9-17-15-8-12(19(22)23)6-7-13(14)15/h2,6-9,11,17H,3-5H2,1H3,(H,20,21). The molecular weight excluding hydrogens is 298 g/mol. The van der Waals surface area contributed by atoms with Crippen molar-refractivity contribution in [3.63, 3.8) is 0 Å². The quantitative estimate of drug-likeness (QED) is 0.667. The summed E-state index contributed by atoms with van der Waals surface area (Å²) >= 11 is 0. The van der Waals surface area contributed by atoms with Crippen molar-refractivity contribution < 1.29 is 14.8 Å². The number of allylic oxidation sites excluding steroid dienone is 1. The molecule has 1 aromatic heterocycles. The molecule has 0 saturated heterocycles. The lowest BCUT2D eigenvalue weighted by Gasteiger charge is -2.28. The molecule has 2 aromatic rings. The Morgan fingerprint density at radius 3 is 2.87 bits per heavy atom. The highest BCUT2D eigenvalue weighted by Gasteiger charge is 2.23. The molecule has 0 bridgehead atoms. The molecule has 23 heavy (non-hydrogen) atoms. The molecule has 0 spiro atoms. The van der Waals surface area contributed by atoms with Crippen molar-refractivity contribution in [1.29, 1.82) is 0 Å². The lowest BCUT2D eigenvalue weighted by molar-refractivity contribution is -0.384. The molecule has 1 atom stereocenters. The van der Waals surface area contributed by atoms with Crippen LogP contribution in [0.15, 0.2) is 30.5 Å². The number of fused-ring (bicyclic) bond motifs is 1. The Hall–Kier alpha value is -2.83. The Morgan fingerprint density at radius 1 is 1.48 bits per heavy atom. The second kappa shape index (κ2) is 5.75. The van der Waals surface area contributed by atoms with E-state index in [4.69, 9.17) is 5.11 Å². The predicted molar refractivity (Wildman–Crippen MR) is 86.4 cm³/mol. The van der Waals surface area contributed by atoms with Crippen LogP contribution in [0.2, 0.25) is 0 Å². The number of amides is 1. The molecule has 0 aliphatic heterocycles. The molecule has 1 amide bonds. The minimum atomic E-state index is -0.911. The second-order valence-electron chi connectivity index (χ2n) is 5.74. The minimum Gasteiger partial charge on any atom is -0.465 e. The number of nitro groups is 1. The van der Waals surface area contributed by atoms with E-state index < -0.39 is 11.0 Å². The highest BCUT2D eigenvalue weighted by Crippen LogP contribution is 2.34. The SMILES string of the molecule is CN(C(=O)O)C1CC=C(c2c[nH]c3cc([N+](=O)[O-])ccc23)CC1. The van der Waals surface area contributed by atoms with Crippen molar-refractivity contribution in [1.82, 2.24) is 9.88 Å². The zero-order chi connectivity index (χ0) is 16.6. The molecule has 2 N–H and O–H groups in total. The van der Waals surface area contributed by atoms with Gasteiger partial charge in [0.25, 0.3) is 5.69 Å². The van der Waals surface area contributed by atoms with E-state index in [2.05, 4.69) is 11.1 Å². The van der Waals surface area contributed by atoms with Crippen LogP contribution in [0.1, 0.15) is 24.8 Å². The van der Waals surface area contributed by atoms with Gasteiger partial charge in [0, 0.05) is 42.4 Å². The first kappa shape index (κ1) is 15.1. The summed E-state index contributed by atoms with van der Waals surface area (Å²) in [6, 6.07) is 4.80. The summed E-state index contributed by atoms with van der Waals surface area (Å²) < 4.78 is 0. The summed E-state index contributed by atoms with van der Waals surface area (Å²) in [6.45, 7) is 0. The number of non-ortho nitro benzene ring substituents is 1. The number of rotatable bonds is 3.